The summed E-state index contributed by atoms with van der Waals surface area (Å²) in [6, 6.07) is 0. The van der Waals surface area contributed by atoms with Crippen LogP contribution in [-0.4, -0.2) is 24.4 Å². The SMILES string of the molecule is [CH2]CCCCCC(CCCCCCC(CCCC)OC(C)C)OC(C)C. The maximum atomic E-state index is 6.13. The number of hydrogen-bond acceptors (Lipinski definition) is 2. The van der Waals surface area contributed by atoms with Gasteiger partial charge >= 0.3 is 0 Å². The van der Waals surface area contributed by atoms with Gasteiger partial charge < -0.3 is 9.47 Å². The van der Waals surface area contributed by atoms with Crippen LogP contribution in [0.5, 0.6) is 0 Å². The molecule has 2 heteroatoms. The van der Waals surface area contributed by atoms with Gasteiger partial charge in [0.05, 0.1) is 24.4 Å². The van der Waals surface area contributed by atoms with E-state index in [2.05, 4.69) is 41.5 Å². The van der Waals surface area contributed by atoms with Gasteiger partial charge in [0.25, 0.3) is 0 Å². The van der Waals surface area contributed by atoms with E-state index in [-0.39, 0.29) is 0 Å². The van der Waals surface area contributed by atoms with E-state index in [1.807, 2.05) is 0 Å². The van der Waals surface area contributed by atoms with Crippen molar-refractivity contribution in [1.29, 1.82) is 0 Å². The van der Waals surface area contributed by atoms with Gasteiger partial charge in [-0.25, -0.2) is 0 Å². The van der Waals surface area contributed by atoms with Crippen LogP contribution in [0.2, 0.25) is 0 Å². The van der Waals surface area contributed by atoms with E-state index in [0.717, 1.165) is 6.42 Å². The van der Waals surface area contributed by atoms with Crippen molar-refractivity contribution < 1.29 is 9.47 Å². The van der Waals surface area contributed by atoms with Crippen LogP contribution in [0.3, 0.4) is 0 Å². The van der Waals surface area contributed by atoms with Crippen molar-refractivity contribution in [3.63, 3.8) is 0 Å². The number of hydrogen-bond donors (Lipinski definition) is 0. The lowest BCUT2D eigenvalue weighted by atomic mass is 10.0. The summed E-state index contributed by atoms with van der Waals surface area (Å²) in [5.41, 5.74) is 0. The molecular weight excluding hydrogens is 320 g/mol. The van der Waals surface area contributed by atoms with E-state index in [1.54, 1.807) is 0 Å². The molecule has 0 saturated heterocycles. The molecule has 0 aliphatic heterocycles. The van der Waals surface area contributed by atoms with Gasteiger partial charge in [-0.15, -0.1) is 0 Å². The highest BCUT2D eigenvalue weighted by molar-refractivity contribution is 4.63. The zero-order chi connectivity index (χ0) is 19.6. The summed E-state index contributed by atoms with van der Waals surface area (Å²) in [5.74, 6) is 0. The summed E-state index contributed by atoms with van der Waals surface area (Å²) in [6.07, 6.45) is 19.3. The summed E-state index contributed by atoms with van der Waals surface area (Å²) in [4.78, 5) is 0. The Morgan fingerprint density at radius 1 is 0.577 bits per heavy atom. The second kappa shape index (κ2) is 18.3. The Hall–Kier alpha value is -0.0800. The molecule has 0 fully saturated rings. The topological polar surface area (TPSA) is 18.5 Å². The lowest BCUT2D eigenvalue weighted by Crippen LogP contribution is -2.18. The summed E-state index contributed by atoms with van der Waals surface area (Å²) in [7, 11) is 0. The van der Waals surface area contributed by atoms with Crippen LogP contribution in [0.25, 0.3) is 0 Å². The van der Waals surface area contributed by atoms with Crippen LogP contribution >= 0.6 is 0 Å². The zero-order valence-electron chi connectivity index (χ0n) is 18.7. The third-order valence-electron chi connectivity index (χ3n) is 4.89. The fourth-order valence-corrected chi connectivity index (χ4v) is 3.59. The molecule has 0 heterocycles. The van der Waals surface area contributed by atoms with Gasteiger partial charge in [0.1, 0.15) is 0 Å². The Labute approximate surface area is 165 Å². The molecule has 2 atom stereocenters. The minimum atomic E-state index is 0.348. The van der Waals surface area contributed by atoms with Crippen molar-refractivity contribution in [2.45, 2.75) is 149 Å². The molecule has 157 valence electrons. The molecule has 1 radical (unpaired) electrons. The van der Waals surface area contributed by atoms with Crippen LogP contribution in [-0.2, 0) is 9.47 Å². The molecule has 0 bridgehead atoms. The van der Waals surface area contributed by atoms with Crippen molar-refractivity contribution in [2.75, 3.05) is 0 Å². The first-order valence-corrected chi connectivity index (χ1v) is 11.6. The third kappa shape index (κ3) is 17.3. The minimum absolute atomic E-state index is 0.348. The summed E-state index contributed by atoms with van der Waals surface area (Å²) < 4.78 is 12.2. The van der Waals surface area contributed by atoms with Crippen LogP contribution in [0.4, 0.5) is 0 Å². The Balaban J connectivity index is 3.88. The van der Waals surface area contributed by atoms with Crippen molar-refractivity contribution in [3.05, 3.63) is 6.92 Å². The maximum Gasteiger partial charge on any atom is 0.0578 e. The second-order valence-electron chi connectivity index (χ2n) is 8.45. The molecular formula is C24H49O2. The molecule has 0 amide bonds. The molecule has 0 aromatic carbocycles. The molecule has 0 aliphatic rings. The normalized spacial score (nSPS) is 14.3. The van der Waals surface area contributed by atoms with Crippen molar-refractivity contribution in [1.82, 2.24) is 0 Å². The standard InChI is InChI=1S/C24H49O2/c1-7-9-11-14-18-24(26-22(5)6)20-16-13-12-15-19-23(17-10-8-2)25-21(3)4/h21-24H,1,7-20H2,2-6H3. The largest absolute Gasteiger partial charge is 0.376 e. The van der Waals surface area contributed by atoms with E-state index < -0.39 is 0 Å². The number of rotatable bonds is 19. The predicted octanol–water partition coefficient (Wildman–Crippen LogP) is 7.89. The van der Waals surface area contributed by atoms with Gasteiger partial charge in [0.2, 0.25) is 0 Å². The molecule has 0 saturated carbocycles. The summed E-state index contributed by atoms with van der Waals surface area (Å²) in [5, 5.41) is 0. The predicted molar refractivity (Wildman–Crippen MR) is 116 cm³/mol. The first-order chi connectivity index (χ1) is 12.5. The highest BCUT2D eigenvalue weighted by Gasteiger charge is 2.12. The van der Waals surface area contributed by atoms with Crippen LogP contribution in [0, 0.1) is 6.92 Å². The van der Waals surface area contributed by atoms with Crippen molar-refractivity contribution >= 4 is 0 Å². The van der Waals surface area contributed by atoms with E-state index in [9.17, 15) is 0 Å². The van der Waals surface area contributed by atoms with Crippen LogP contribution in [0.1, 0.15) is 125 Å². The molecule has 0 aromatic rings. The van der Waals surface area contributed by atoms with E-state index >= 15 is 0 Å². The second-order valence-corrected chi connectivity index (χ2v) is 8.45. The molecule has 2 unspecified atom stereocenters. The highest BCUT2D eigenvalue weighted by Crippen LogP contribution is 2.19. The molecule has 0 aromatic heterocycles. The van der Waals surface area contributed by atoms with Crippen molar-refractivity contribution in [2.24, 2.45) is 0 Å². The third-order valence-corrected chi connectivity index (χ3v) is 4.89. The quantitative estimate of drug-likeness (QED) is 0.215. The van der Waals surface area contributed by atoms with Gasteiger partial charge in [-0.2, -0.15) is 0 Å². The first kappa shape index (κ1) is 25.9. The smallest absolute Gasteiger partial charge is 0.0578 e. The molecule has 0 spiro atoms. The molecule has 2 nitrogen and oxygen atoms in total. The van der Waals surface area contributed by atoms with E-state index in [1.165, 1.54) is 83.5 Å². The average molecular weight is 370 g/mol. The molecule has 0 aliphatic carbocycles. The van der Waals surface area contributed by atoms with Gasteiger partial charge in [0.15, 0.2) is 0 Å². The van der Waals surface area contributed by atoms with E-state index in [0.29, 0.717) is 24.4 Å². The van der Waals surface area contributed by atoms with Gasteiger partial charge in [-0.3, -0.25) is 0 Å². The van der Waals surface area contributed by atoms with Gasteiger partial charge in [-0.05, 0) is 53.4 Å². The molecule has 0 N–H and O–H groups in total. The Bertz CT molecular complexity index is 275. The summed E-state index contributed by atoms with van der Waals surface area (Å²) >= 11 is 0. The molecule has 0 rings (SSSR count). The first-order valence-electron chi connectivity index (χ1n) is 11.6. The highest BCUT2D eigenvalue weighted by atomic mass is 16.5. The van der Waals surface area contributed by atoms with Crippen LogP contribution < -0.4 is 0 Å². The monoisotopic (exact) mass is 369 g/mol. The lowest BCUT2D eigenvalue weighted by Gasteiger charge is -2.21. The Kier molecular flexibility index (Phi) is 18.2. The van der Waals surface area contributed by atoms with Gasteiger partial charge in [0, 0.05) is 0 Å². The average Bonchev–Trinajstić information content (AvgIpc) is 2.58. The zero-order valence-corrected chi connectivity index (χ0v) is 18.7. The Morgan fingerprint density at radius 2 is 0.962 bits per heavy atom. The summed E-state index contributed by atoms with van der Waals surface area (Å²) in [6.45, 7) is 14.8. The van der Waals surface area contributed by atoms with Gasteiger partial charge in [-0.1, -0.05) is 78.1 Å². The number of unbranched alkanes of at least 4 members (excludes halogenated alkanes) is 7. The number of ether oxygens (including phenoxy) is 2. The Morgan fingerprint density at radius 3 is 1.31 bits per heavy atom. The van der Waals surface area contributed by atoms with Crippen LogP contribution in [0.15, 0.2) is 0 Å². The lowest BCUT2D eigenvalue weighted by molar-refractivity contribution is -0.00606. The fraction of sp³-hybridized carbons (Fsp3) is 0.958. The molecule has 26 heavy (non-hydrogen) atoms. The van der Waals surface area contributed by atoms with E-state index in [4.69, 9.17) is 9.47 Å². The fourth-order valence-electron chi connectivity index (χ4n) is 3.59. The maximum absolute atomic E-state index is 6.13. The minimum Gasteiger partial charge on any atom is -0.376 e. The van der Waals surface area contributed by atoms with Crippen molar-refractivity contribution in [3.8, 4) is 0 Å².